The number of benzene rings is 1. The lowest BCUT2D eigenvalue weighted by atomic mass is 10.2. The topological polar surface area (TPSA) is 24.5 Å². The molecule has 0 radical (unpaired) electrons. The van der Waals surface area contributed by atoms with Crippen LogP contribution in [0.4, 0.5) is 0 Å². The van der Waals surface area contributed by atoms with E-state index < -0.39 is 0 Å². The smallest absolute Gasteiger partial charge is 0.118 e. The molecule has 0 aliphatic carbocycles. The number of methoxy groups -OCH3 is 1. The predicted octanol–water partition coefficient (Wildman–Crippen LogP) is 0.952. The van der Waals surface area contributed by atoms with Crippen LogP contribution >= 0.6 is 0 Å². The van der Waals surface area contributed by atoms with Crippen LogP contribution in [0.5, 0.6) is 5.75 Å². The normalized spacial score (nSPS) is 16.1. The highest BCUT2D eigenvalue weighted by Crippen LogP contribution is 2.10. The van der Waals surface area contributed by atoms with Gasteiger partial charge in [-0.2, -0.15) is 0 Å². The Hall–Kier alpha value is -1.50. The van der Waals surface area contributed by atoms with E-state index in [9.17, 15) is 0 Å². The number of nitrogens with zero attached hydrogens (tertiary/aromatic N) is 1. The Morgan fingerprint density at radius 2 is 1.94 bits per heavy atom. The third-order valence-electron chi connectivity index (χ3n) is 2.84. The zero-order chi connectivity index (χ0) is 11.9. The quantitative estimate of drug-likeness (QED) is 0.766. The predicted molar refractivity (Wildman–Crippen MR) is 69.2 cm³/mol. The van der Waals surface area contributed by atoms with Crippen molar-refractivity contribution in [2.24, 2.45) is 0 Å². The molecule has 1 aromatic carbocycles. The Bertz CT molecular complexity index is 396. The van der Waals surface area contributed by atoms with Crippen LogP contribution in [-0.4, -0.2) is 44.7 Å². The summed E-state index contributed by atoms with van der Waals surface area (Å²) in [7, 11) is 1.67. The molecule has 0 spiro atoms. The Morgan fingerprint density at radius 3 is 2.59 bits per heavy atom. The van der Waals surface area contributed by atoms with Crippen LogP contribution in [0.1, 0.15) is 5.56 Å². The number of rotatable bonds is 2. The fourth-order valence-electron chi connectivity index (χ4n) is 1.80. The van der Waals surface area contributed by atoms with Crippen molar-refractivity contribution < 1.29 is 4.74 Å². The number of piperazine rings is 1. The van der Waals surface area contributed by atoms with Crippen LogP contribution in [0, 0.1) is 11.8 Å². The molecule has 1 aliphatic heterocycles. The first-order chi connectivity index (χ1) is 8.38. The molecule has 90 valence electrons. The maximum Gasteiger partial charge on any atom is 0.118 e. The summed E-state index contributed by atoms with van der Waals surface area (Å²) in [6.07, 6.45) is 0. The monoisotopic (exact) mass is 230 g/mol. The van der Waals surface area contributed by atoms with Gasteiger partial charge in [-0.05, 0) is 24.3 Å². The van der Waals surface area contributed by atoms with Gasteiger partial charge in [0.05, 0.1) is 13.7 Å². The maximum atomic E-state index is 5.11. The van der Waals surface area contributed by atoms with Gasteiger partial charge in [0.2, 0.25) is 0 Å². The van der Waals surface area contributed by atoms with Gasteiger partial charge < -0.3 is 10.1 Å². The molecule has 1 aliphatic rings. The van der Waals surface area contributed by atoms with Crippen LogP contribution in [0.15, 0.2) is 24.3 Å². The van der Waals surface area contributed by atoms with Crippen LogP contribution in [0.3, 0.4) is 0 Å². The first-order valence-corrected chi connectivity index (χ1v) is 5.94. The number of hydrogen-bond donors (Lipinski definition) is 1. The summed E-state index contributed by atoms with van der Waals surface area (Å²) in [6.45, 7) is 5.19. The Balaban J connectivity index is 1.86. The van der Waals surface area contributed by atoms with Gasteiger partial charge >= 0.3 is 0 Å². The third kappa shape index (κ3) is 3.77. The largest absolute Gasteiger partial charge is 0.497 e. The molecule has 1 aromatic rings. The molecule has 2 rings (SSSR count). The van der Waals surface area contributed by atoms with Crippen molar-refractivity contribution in [2.75, 3.05) is 39.8 Å². The molecule has 3 heteroatoms. The SMILES string of the molecule is COc1ccc(C#CCN2CCNCC2)cc1. The van der Waals surface area contributed by atoms with Crippen molar-refractivity contribution in [1.82, 2.24) is 10.2 Å². The van der Waals surface area contributed by atoms with E-state index in [-0.39, 0.29) is 0 Å². The Morgan fingerprint density at radius 1 is 1.24 bits per heavy atom. The van der Waals surface area contributed by atoms with E-state index in [2.05, 4.69) is 22.1 Å². The second-order valence-electron chi connectivity index (χ2n) is 4.06. The summed E-state index contributed by atoms with van der Waals surface area (Å²) in [5.41, 5.74) is 1.04. The molecule has 1 fully saturated rings. The molecular formula is C14H18N2O. The van der Waals surface area contributed by atoms with Gasteiger partial charge in [-0.25, -0.2) is 0 Å². The lowest BCUT2D eigenvalue weighted by Gasteiger charge is -2.24. The maximum absolute atomic E-state index is 5.11. The van der Waals surface area contributed by atoms with Gasteiger partial charge in [-0.15, -0.1) is 0 Å². The highest BCUT2D eigenvalue weighted by atomic mass is 16.5. The average molecular weight is 230 g/mol. The van der Waals surface area contributed by atoms with Gasteiger partial charge in [0, 0.05) is 31.7 Å². The fraction of sp³-hybridized carbons (Fsp3) is 0.429. The molecule has 0 aromatic heterocycles. The first kappa shape index (κ1) is 12.0. The Kier molecular flexibility index (Phi) is 4.43. The molecule has 3 nitrogen and oxygen atoms in total. The molecule has 0 unspecified atom stereocenters. The zero-order valence-electron chi connectivity index (χ0n) is 10.2. The summed E-state index contributed by atoms with van der Waals surface area (Å²) >= 11 is 0. The molecule has 0 saturated carbocycles. The fourth-order valence-corrected chi connectivity index (χ4v) is 1.80. The van der Waals surface area contributed by atoms with E-state index in [0.717, 1.165) is 44.0 Å². The second-order valence-corrected chi connectivity index (χ2v) is 4.06. The third-order valence-corrected chi connectivity index (χ3v) is 2.84. The minimum Gasteiger partial charge on any atom is -0.497 e. The summed E-state index contributed by atoms with van der Waals surface area (Å²) in [6, 6.07) is 7.86. The molecular weight excluding hydrogens is 212 g/mol. The van der Waals surface area contributed by atoms with Crippen LogP contribution in [0.2, 0.25) is 0 Å². The minimum absolute atomic E-state index is 0.855. The molecule has 1 N–H and O–H groups in total. The van der Waals surface area contributed by atoms with Crippen molar-refractivity contribution in [3.8, 4) is 17.6 Å². The van der Waals surface area contributed by atoms with Crippen molar-refractivity contribution in [3.05, 3.63) is 29.8 Å². The van der Waals surface area contributed by atoms with Gasteiger partial charge in [0.25, 0.3) is 0 Å². The lowest BCUT2D eigenvalue weighted by molar-refractivity contribution is 0.268. The molecule has 1 heterocycles. The first-order valence-electron chi connectivity index (χ1n) is 5.94. The zero-order valence-corrected chi connectivity index (χ0v) is 10.2. The van der Waals surface area contributed by atoms with Crippen LogP contribution in [-0.2, 0) is 0 Å². The number of ether oxygens (including phenoxy) is 1. The molecule has 0 atom stereocenters. The van der Waals surface area contributed by atoms with Crippen LogP contribution in [0.25, 0.3) is 0 Å². The molecule has 0 amide bonds. The summed E-state index contributed by atoms with van der Waals surface area (Å²) in [4.78, 5) is 2.37. The van der Waals surface area contributed by atoms with E-state index in [4.69, 9.17) is 4.74 Å². The minimum atomic E-state index is 0.855. The highest BCUT2D eigenvalue weighted by molar-refractivity contribution is 5.38. The Labute approximate surface area is 103 Å². The summed E-state index contributed by atoms with van der Waals surface area (Å²) in [5.74, 6) is 7.26. The standard InChI is InChI=1S/C14H18N2O/c1-17-14-6-4-13(5-7-14)3-2-10-16-11-8-15-9-12-16/h4-7,15H,8-12H2,1H3. The van der Waals surface area contributed by atoms with Gasteiger partial charge in [0.1, 0.15) is 5.75 Å². The van der Waals surface area contributed by atoms with E-state index in [1.54, 1.807) is 7.11 Å². The van der Waals surface area contributed by atoms with Gasteiger partial charge in [0.15, 0.2) is 0 Å². The van der Waals surface area contributed by atoms with E-state index in [1.807, 2.05) is 24.3 Å². The van der Waals surface area contributed by atoms with E-state index in [1.165, 1.54) is 0 Å². The molecule has 17 heavy (non-hydrogen) atoms. The van der Waals surface area contributed by atoms with Crippen molar-refractivity contribution in [3.63, 3.8) is 0 Å². The average Bonchev–Trinajstić information content (AvgIpc) is 2.41. The van der Waals surface area contributed by atoms with E-state index in [0.29, 0.717) is 0 Å². The van der Waals surface area contributed by atoms with E-state index >= 15 is 0 Å². The van der Waals surface area contributed by atoms with Crippen LogP contribution < -0.4 is 10.1 Å². The highest BCUT2D eigenvalue weighted by Gasteiger charge is 2.06. The molecule has 0 bridgehead atoms. The lowest BCUT2D eigenvalue weighted by Crippen LogP contribution is -2.43. The van der Waals surface area contributed by atoms with Gasteiger partial charge in [-0.1, -0.05) is 11.8 Å². The summed E-state index contributed by atoms with van der Waals surface area (Å²) < 4.78 is 5.11. The second kappa shape index (κ2) is 6.29. The summed E-state index contributed by atoms with van der Waals surface area (Å²) in [5, 5.41) is 3.33. The molecule has 1 saturated heterocycles. The van der Waals surface area contributed by atoms with Crippen molar-refractivity contribution in [1.29, 1.82) is 0 Å². The van der Waals surface area contributed by atoms with Gasteiger partial charge in [-0.3, -0.25) is 4.90 Å². The van der Waals surface area contributed by atoms with Crippen molar-refractivity contribution in [2.45, 2.75) is 0 Å². The number of hydrogen-bond acceptors (Lipinski definition) is 3. The number of nitrogens with one attached hydrogen (secondary N) is 1. The van der Waals surface area contributed by atoms with Crippen molar-refractivity contribution >= 4 is 0 Å².